The Bertz CT molecular complexity index is 730. The highest BCUT2D eigenvalue weighted by molar-refractivity contribution is 7.89. The summed E-state index contributed by atoms with van der Waals surface area (Å²) in [5, 5.41) is 2.83. The summed E-state index contributed by atoms with van der Waals surface area (Å²) in [7, 11) is -3.27. The molecule has 7 nitrogen and oxygen atoms in total. The van der Waals surface area contributed by atoms with Crippen LogP contribution < -0.4 is 5.32 Å². The quantitative estimate of drug-likeness (QED) is 0.726. The van der Waals surface area contributed by atoms with Gasteiger partial charge in [-0.05, 0) is 44.4 Å². The maximum absolute atomic E-state index is 12.5. The molecule has 2 rings (SSSR count). The fourth-order valence-electron chi connectivity index (χ4n) is 2.92. The Labute approximate surface area is 154 Å². The highest BCUT2D eigenvalue weighted by Gasteiger charge is 2.31. The summed E-state index contributed by atoms with van der Waals surface area (Å²) >= 11 is 0. The fraction of sp³-hybridized carbons (Fsp3) is 0.556. The first-order valence-corrected chi connectivity index (χ1v) is 10.5. The van der Waals surface area contributed by atoms with Gasteiger partial charge < -0.3 is 10.1 Å². The van der Waals surface area contributed by atoms with Crippen molar-refractivity contribution in [1.29, 1.82) is 0 Å². The number of nitrogens with zero attached hydrogens (tertiary/aromatic N) is 1. The molecular formula is C18H26N2O5S. The topological polar surface area (TPSA) is 92.8 Å². The summed E-state index contributed by atoms with van der Waals surface area (Å²) in [5.41, 5.74) is 1.43. The van der Waals surface area contributed by atoms with Crippen LogP contribution in [-0.2, 0) is 30.8 Å². The van der Waals surface area contributed by atoms with Crippen LogP contribution in [0, 0.1) is 5.92 Å². The number of hydrogen-bond donors (Lipinski definition) is 1. The molecule has 0 spiro atoms. The first-order valence-electron chi connectivity index (χ1n) is 8.89. The van der Waals surface area contributed by atoms with Gasteiger partial charge in [-0.3, -0.25) is 9.59 Å². The molecule has 1 heterocycles. The number of carbonyl (C=O) groups excluding carboxylic acids is 2. The van der Waals surface area contributed by atoms with Gasteiger partial charge in [-0.15, -0.1) is 0 Å². The molecule has 1 unspecified atom stereocenters. The minimum atomic E-state index is -3.27. The monoisotopic (exact) mass is 382 g/mol. The van der Waals surface area contributed by atoms with Crippen LogP contribution in [0.3, 0.4) is 0 Å². The zero-order chi connectivity index (χ0) is 19.2. The lowest BCUT2D eigenvalue weighted by Gasteiger charge is -2.30. The van der Waals surface area contributed by atoms with Gasteiger partial charge in [-0.25, -0.2) is 12.7 Å². The SMILES string of the molecule is CCOC(=O)Cc1ccc(NC(=O)C2CCCN(S(=O)(=O)CC)C2)cc1. The van der Waals surface area contributed by atoms with Crippen LogP contribution in [0.1, 0.15) is 32.3 Å². The van der Waals surface area contributed by atoms with Crippen LogP contribution in [0.15, 0.2) is 24.3 Å². The van der Waals surface area contributed by atoms with Crippen molar-refractivity contribution in [3.05, 3.63) is 29.8 Å². The zero-order valence-electron chi connectivity index (χ0n) is 15.2. The van der Waals surface area contributed by atoms with Gasteiger partial charge in [0.15, 0.2) is 0 Å². The lowest BCUT2D eigenvalue weighted by molar-refractivity contribution is -0.142. The van der Waals surface area contributed by atoms with Crippen LogP contribution in [0.4, 0.5) is 5.69 Å². The molecule has 1 saturated heterocycles. The van der Waals surface area contributed by atoms with E-state index in [0.29, 0.717) is 31.7 Å². The lowest BCUT2D eigenvalue weighted by Crippen LogP contribution is -2.44. The van der Waals surface area contributed by atoms with E-state index in [2.05, 4.69) is 5.32 Å². The van der Waals surface area contributed by atoms with Gasteiger partial charge in [0.1, 0.15) is 0 Å². The lowest BCUT2D eigenvalue weighted by atomic mass is 9.98. The van der Waals surface area contributed by atoms with Crippen molar-refractivity contribution in [3.8, 4) is 0 Å². The predicted molar refractivity (Wildman–Crippen MR) is 99.2 cm³/mol. The minimum absolute atomic E-state index is 0.0449. The van der Waals surface area contributed by atoms with E-state index < -0.39 is 10.0 Å². The van der Waals surface area contributed by atoms with Crippen LogP contribution in [0.25, 0.3) is 0 Å². The molecule has 0 aliphatic carbocycles. The van der Waals surface area contributed by atoms with Crippen molar-refractivity contribution in [2.45, 2.75) is 33.1 Å². The molecule has 0 saturated carbocycles. The Hall–Kier alpha value is -1.93. The number of anilines is 1. The standard InChI is InChI=1S/C18H26N2O5S/c1-3-25-17(21)12-14-7-9-16(10-8-14)19-18(22)15-6-5-11-20(13-15)26(23,24)4-2/h7-10,15H,3-6,11-13H2,1-2H3,(H,19,22). The number of sulfonamides is 1. The van der Waals surface area contributed by atoms with E-state index in [-0.39, 0.29) is 36.5 Å². The summed E-state index contributed by atoms with van der Waals surface area (Å²) in [6, 6.07) is 6.99. The molecule has 8 heteroatoms. The van der Waals surface area contributed by atoms with E-state index >= 15 is 0 Å². The summed E-state index contributed by atoms with van der Waals surface area (Å²) < 4.78 is 30.3. The molecule has 1 atom stereocenters. The average Bonchev–Trinajstić information content (AvgIpc) is 2.63. The molecule has 26 heavy (non-hydrogen) atoms. The molecule has 1 N–H and O–H groups in total. The zero-order valence-corrected chi connectivity index (χ0v) is 16.0. The largest absolute Gasteiger partial charge is 0.466 e. The van der Waals surface area contributed by atoms with Crippen molar-refractivity contribution < 1.29 is 22.7 Å². The van der Waals surface area contributed by atoms with Gasteiger partial charge in [0.2, 0.25) is 15.9 Å². The van der Waals surface area contributed by atoms with Crippen LogP contribution >= 0.6 is 0 Å². The van der Waals surface area contributed by atoms with Crippen LogP contribution in [-0.4, -0.2) is 50.0 Å². The van der Waals surface area contributed by atoms with Crippen molar-refractivity contribution in [1.82, 2.24) is 4.31 Å². The molecule has 0 radical (unpaired) electrons. The van der Waals surface area contributed by atoms with Crippen molar-refractivity contribution >= 4 is 27.6 Å². The predicted octanol–water partition coefficient (Wildman–Crippen LogP) is 1.79. The van der Waals surface area contributed by atoms with Gasteiger partial charge in [-0.1, -0.05) is 12.1 Å². The number of carbonyl (C=O) groups is 2. The van der Waals surface area contributed by atoms with Gasteiger partial charge in [0.25, 0.3) is 0 Å². The molecule has 1 aromatic rings. The Morgan fingerprint density at radius 3 is 2.54 bits per heavy atom. The first-order chi connectivity index (χ1) is 12.4. The third-order valence-corrected chi connectivity index (χ3v) is 6.24. The molecule has 1 amide bonds. The molecular weight excluding hydrogens is 356 g/mol. The number of hydrogen-bond acceptors (Lipinski definition) is 5. The summed E-state index contributed by atoms with van der Waals surface area (Å²) in [6.45, 7) is 4.41. The number of amides is 1. The Balaban J connectivity index is 1.93. The minimum Gasteiger partial charge on any atom is -0.466 e. The normalized spacial score (nSPS) is 18.3. The molecule has 0 aromatic heterocycles. The third-order valence-electron chi connectivity index (χ3n) is 4.39. The van der Waals surface area contributed by atoms with Gasteiger partial charge in [0, 0.05) is 18.8 Å². The van der Waals surface area contributed by atoms with Crippen molar-refractivity contribution in [2.24, 2.45) is 5.92 Å². The number of piperidine rings is 1. The molecule has 144 valence electrons. The van der Waals surface area contributed by atoms with Gasteiger partial charge >= 0.3 is 5.97 Å². The average molecular weight is 382 g/mol. The number of rotatable bonds is 7. The second-order valence-corrected chi connectivity index (χ2v) is 8.52. The molecule has 1 aliphatic rings. The molecule has 1 aliphatic heterocycles. The highest BCUT2D eigenvalue weighted by Crippen LogP contribution is 2.21. The Kier molecular flexibility index (Phi) is 7.16. The highest BCUT2D eigenvalue weighted by atomic mass is 32.2. The summed E-state index contributed by atoms with van der Waals surface area (Å²) in [6.07, 6.45) is 1.53. The first kappa shape index (κ1) is 20.4. The maximum atomic E-state index is 12.5. The van der Waals surface area contributed by atoms with Gasteiger partial charge in [-0.2, -0.15) is 0 Å². The molecule has 0 bridgehead atoms. The van der Waals surface area contributed by atoms with Crippen molar-refractivity contribution in [2.75, 3.05) is 30.8 Å². The van der Waals surface area contributed by atoms with E-state index in [4.69, 9.17) is 4.74 Å². The summed E-state index contributed by atoms with van der Waals surface area (Å²) in [5.74, 6) is -0.782. The smallest absolute Gasteiger partial charge is 0.310 e. The Morgan fingerprint density at radius 1 is 1.23 bits per heavy atom. The number of ether oxygens (including phenoxy) is 1. The number of nitrogens with one attached hydrogen (secondary N) is 1. The van der Waals surface area contributed by atoms with E-state index in [9.17, 15) is 18.0 Å². The van der Waals surface area contributed by atoms with E-state index in [0.717, 1.165) is 5.56 Å². The van der Waals surface area contributed by atoms with Crippen LogP contribution in [0.2, 0.25) is 0 Å². The van der Waals surface area contributed by atoms with E-state index in [1.165, 1.54) is 4.31 Å². The van der Waals surface area contributed by atoms with E-state index in [1.807, 2.05) is 0 Å². The number of benzene rings is 1. The number of esters is 1. The maximum Gasteiger partial charge on any atom is 0.310 e. The molecule has 1 fully saturated rings. The van der Waals surface area contributed by atoms with E-state index in [1.54, 1.807) is 38.1 Å². The van der Waals surface area contributed by atoms with Gasteiger partial charge in [0.05, 0.1) is 24.7 Å². The molecule has 1 aromatic carbocycles. The second-order valence-electron chi connectivity index (χ2n) is 6.27. The Morgan fingerprint density at radius 2 is 1.92 bits per heavy atom. The second kappa shape index (κ2) is 9.14. The van der Waals surface area contributed by atoms with Crippen molar-refractivity contribution in [3.63, 3.8) is 0 Å². The third kappa shape index (κ3) is 5.54. The van der Waals surface area contributed by atoms with Crippen LogP contribution in [0.5, 0.6) is 0 Å². The fourth-order valence-corrected chi connectivity index (χ4v) is 4.10. The summed E-state index contributed by atoms with van der Waals surface area (Å²) in [4.78, 5) is 23.9.